The third-order valence-electron chi connectivity index (χ3n) is 2.38. The predicted octanol–water partition coefficient (Wildman–Crippen LogP) is 1.24. The third kappa shape index (κ3) is 2.80. The van der Waals surface area contributed by atoms with Crippen molar-refractivity contribution in [3.63, 3.8) is 0 Å². The highest BCUT2D eigenvalue weighted by molar-refractivity contribution is 7.99. The van der Waals surface area contributed by atoms with E-state index in [4.69, 9.17) is 4.74 Å². The van der Waals surface area contributed by atoms with Crippen LogP contribution in [0.1, 0.15) is 6.92 Å². The van der Waals surface area contributed by atoms with E-state index >= 15 is 0 Å². The Morgan fingerprint density at radius 3 is 2.50 bits per heavy atom. The van der Waals surface area contributed by atoms with Crippen molar-refractivity contribution in [2.24, 2.45) is 0 Å². The van der Waals surface area contributed by atoms with Crippen molar-refractivity contribution >= 4 is 24.2 Å². The molecule has 0 spiro atoms. The Hall–Kier alpha value is 0.560. The summed E-state index contributed by atoms with van der Waals surface area (Å²) in [4.78, 5) is 2.52. The average Bonchev–Trinajstić information content (AvgIpc) is 2.69. The van der Waals surface area contributed by atoms with Crippen molar-refractivity contribution in [2.75, 3.05) is 31.1 Å². The topological polar surface area (TPSA) is 15.8 Å². The summed E-state index contributed by atoms with van der Waals surface area (Å²) in [6.45, 7) is 5.85. The van der Waals surface area contributed by atoms with Crippen LogP contribution in [-0.2, 0) is 4.74 Å². The maximum Gasteiger partial charge on any atom is 0.0965 e. The summed E-state index contributed by atoms with van der Waals surface area (Å²) in [6, 6.07) is 0. The number of ether oxygens (including phenoxy) is 1. The lowest BCUT2D eigenvalue weighted by Gasteiger charge is -2.25. The van der Waals surface area contributed by atoms with Crippen molar-refractivity contribution < 1.29 is 4.74 Å². The minimum atomic E-state index is 0. The monoisotopic (exact) mass is 209 g/mol. The second kappa shape index (κ2) is 4.70. The summed E-state index contributed by atoms with van der Waals surface area (Å²) in [5, 5.41) is 0. The summed E-state index contributed by atoms with van der Waals surface area (Å²) in [5.74, 6) is 2.61. The molecular formula is C8H16ClNOS. The summed E-state index contributed by atoms with van der Waals surface area (Å²) in [6.07, 6.45) is 1.09. The molecule has 0 aromatic rings. The zero-order chi connectivity index (χ0) is 7.68. The number of thioether (sulfide) groups is 1. The first-order valence-electron chi connectivity index (χ1n) is 4.32. The fourth-order valence-electron chi connectivity index (χ4n) is 1.46. The lowest BCUT2D eigenvalue weighted by molar-refractivity contribution is 0.260. The van der Waals surface area contributed by atoms with Gasteiger partial charge < -0.3 is 4.74 Å². The normalized spacial score (nSPS) is 35.8. The molecule has 2 nitrogen and oxygen atoms in total. The molecule has 0 aliphatic carbocycles. The first-order valence-corrected chi connectivity index (χ1v) is 5.47. The molecule has 2 aliphatic rings. The number of hydrogen-bond acceptors (Lipinski definition) is 3. The Morgan fingerprint density at radius 2 is 2.00 bits per heavy atom. The van der Waals surface area contributed by atoms with Gasteiger partial charge in [0.1, 0.15) is 0 Å². The minimum absolute atomic E-state index is 0. The van der Waals surface area contributed by atoms with E-state index in [0.29, 0.717) is 12.2 Å². The predicted molar refractivity (Wildman–Crippen MR) is 55.3 cm³/mol. The molecule has 2 atom stereocenters. The fourth-order valence-corrected chi connectivity index (χ4v) is 2.44. The molecule has 2 rings (SSSR count). The molecular weight excluding hydrogens is 194 g/mol. The van der Waals surface area contributed by atoms with E-state index in [0.717, 1.165) is 0 Å². The van der Waals surface area contributed by atoms with Gasteiger partial charge in [0.2, 0.25) is 0 Å². The molecule has 0 radical (unpaired) electrons. The summed E-state index contributed by atoms with van der Waals surface area (Å²) >= 11 is 2.06. The zero-order valence-electron chi connectivity index (χ0n) is 7.36. The van der Waals surface area contributed by atoms with Crippen LogP contribution in [-0.4, -0.2) is 48.2 Å². The minimum Gasteiger partial charge on any atom is -0.368 e. The number of rotatable bonds is 2. The maximum atomic E-state index is 5.37. The van der Waals surface area contributed by atoms with Crippen molar-refractivity contribution in [3.05, 3.63) is 0 Å². The van der Waals surface area contributed by atoms with E-state index < -0.39 is 0 Å². The van der Waals surface area contributed by atoms with Crippen LogP contribution in [0.15, 0.2) is 0 Å². The van der Waals surface area contributed by atoms with Crippen LogP contribution in [0, 0.1) is 0 Å². The molecule has 2 saturated heterocycles. The van der Waals surface area contributed by atoms with Crippen LogP contribution in [0.4, 0.5) is 0 Å². The zero-order valence-corrected chi connectivity index (χ0v) is 9.00. The van der Waals surface area contributed by atoms with Crippen molar-refractivity contribution in [1.29, 1.82) is 0 Å². The quantitative estimate of drug-likeness (QED) is 0.637. The van der Waals surface area contributed by atoms with Crippen LogP contribution in [0.5, 0.6) is 0 Å². The van der Waals surface area contributed by atoms with E-state index in [1.807, 2.05) is 0 Å². The number of epoxide rings is 1. The van der Waals surface area contributed by atoms with Crippen LogP contribution < -0.4 is 0 Å². The lowest BCUT2D eigenvalue weighted by Crippen LogP contribution is -2.35. The van der Waals surface area contributed by atoms with Gasteiger partial charge in [0.25, 0.3) is 0 Å². The standard InChI is InChI=1S/C8H15NOS.ClH/c1-7-8(10-7)6-9-2-4-11-5-3-9;/h7-8H,2-6H2,1H3;1H. The molecule has 2 aliphatic heterocycles. The highest BCUT2D eigenvalue weighted by Crippen LogP contribution is 2.23. The second-order valence-electron chi connectivity index (χ2n) is 3.29. The molecule has 0 aromatic carbocycles. The Labute approximate surface area is 84.4 Å². The largest absolute Gasteiger partial charge is 0.368 e. The van der Waals surface area contributed by atoms with Crippen LogP contribution in [0.2, 0.25) is 0 Å². The lowest BCUT2D eigenvalue weighted by atomic mass is 10.3. The van der Waals surface area contributed by atoms with Crippen LogP contribution in [0.25, 0.3) is 0 Å². The molecule has 2 fully saturated rings. The Kier molecular flexibility index (Phi) is 4.17. The van der Waals surface area contributed by atoms with Gasteiger partial charge in [0.05, 0.1) is 12.2 Å². The maximum absolute atomic E-state index is 5.37. The smallest absolute Gasteiger partial charge is 0.0965 e. The SMILES string of the molecule is CC1OC1CN1CCSCC1.Cl. The van der Waals surface area contributed by atoms with Gasteiger partial charge in [0, 0.05) is 31.1 Å². The van der Waals surface area contributed by atoms with E-state index in [1.165, 1.54) is 31.1 Å². The molecule has 2 heterocycles. The number of nitrogens with zero attached hydrogens (tertiary/aromatic N) is 1. The van der Waals surface area contributed by atoms with E-state index in [-0.39, 0.29) is 12.4 Å². The molecule has 12 heavy (non-hydrogen) atoms. The molecule has 2 unspecified atom stereocenters. The van der Waals surface area contributed by atoms with Gasteiger partial charge in [-0.1, -0.05) is 0 Å². The van der Waals surface area contributed by atoms with Gasteiger partial charge in [-0.25, -0.2) is 0 Å². The Balaban J connectivity index is 0.000000720. The van der Waals surface area contributed by atoms with E-state index in [2.05, 4.69) is 23.6 Å². The highest BCUT2D eigenvalue weighted by atomic mass is 35.5. The Bertz CT molecular complexity index is 141. The first kappa shape index (κ1) is 10.6. The van der Waals surface area contributed by atoms with E-state index in [1.54, 1.807) is 0 Å². The molecule has 4 heteroatoms. The molecule has 0 N–H and O–H groups in total. The molecule has 0 amide bonds. The Morgan fingerprint density at radius 1 is 1.42 bits per heavy atom. The summed E-state index contributed by atoms with van der Waals surface area (Å²) in [5.41, 5.74) is 0. The van der Waals surface area contributed by atoms with Crippen LogP contribution in [0.3, 0.4) is 0 Å². The molecule has 0 bridgehead atoms. The summed E-state index contributed by atoms with van der Waals surface area (Å²) < 4.78 is 5.37. The number of halogens is 1. The van der Waals surface area contributed by atoms with Crippen LogP contribution >= 0.6 is 24.2 Å². The average molecular weight is 210 g/mol. The first-order chi connectivity index (χ1) is 5.36. The van der Waals surface area contributed by atoms with Gasteiger partial charge in [-0.05, 0) is 6.92 Å². The number of hydrogen-bond donors (Lipinski definition) is 0. The molecule has 0 aromatic heterocycles. The third-order valence-corrected chi connectivity index (χ3v) is 3.32. The molecule has 72 valence electrons. The molecule has 0 saturated carbocycles. The van der Waals surface area contributed by atoms with Crippen molar-refractivity contribution in [2.45, 2.75) is 19.1 Å². The summed E-state index contributed by atoms with van der Waals surface area (Å²) in [7, 11) is 0. The van der Waals surface area contributed by atoms with Gasteiger partial charge >= 0.3 is 0 Å². The van der Waals surface area contributed by atoms with Gasteiger partial charge in [0.15, 0.2) is 0 Å². The fraction of sp³-hybridized carbons (Fsp3) is 1.00. The van der Waals surface area contributed by atoms with E-state index in [9.17, 15) is 0 Å². The highest BCUT2D eigenvalue weighted by Gasteiger charge is 2.35. The van der Waals surface area contributed by atoms with Gasteiger partial charge in [-0.3, -0.25) is 4.90 Å². The van der Waals surface area contributed by atoms with Crippen molar-refractivity contribution in [1.82, 2.24) is 4.90 Å². The van der Waals surface area contributed by atoms with Gasteiger partial charge in [-0.15, -0.1) is 12.4 Å². The van der Waals surface area contributed by atoms with Gasteiger partial charge in [-0.2, -0.15) is 11.8 Å². The van der Waals surface area contributed by atoms with Crippen molar-refractivity contribution in [3.8, 4) is 0 Å². The second-order valence-corrected chi connectivity index (χ2v) is 4.52.